The number of benzene rings is 1. The molecule has 1 aromatic rings. The summed E-state index contributed by atoms with van der Waals surface area (Å²) in [6.45, 7) is 3.45. The number of piperazine rings is 1. The van der Waals surface area contributed by atoms with Gasteiger partial charge in [0, 0.05) is 32.2 Å². The molecule has 0 radical (unpaired) electrons. The van der Waals surface area contributed by atoms with E-state index in [0.29, 0.717) is 24.5 Å². The second kappa shape index (κ2) is 7.23. The van der Waals surface area contributed by atoms with Crippen molar-refractivity contribution in [3.05, 3.63) is 24.3 Å². The third-order valence-electron chi connectivity index (χ3n) is 3.47. The van der Waals surface area contributed by atoms with Gasteiger partial charge >= 0.3 is 0 Å². The number of nitrogens with one attached hydrogen (secondary N) is 2. The highest BCUT2D eigenvalue weighted by atomic mass is 16.5. The van der Waals surface area contributed by atoms with Crippen LogP contribution in [0.1, 0.15) is 0 Å². The van der Waals surface area contributed by atoms with Crippen LogP contribution in [0, 0.1) is 0 Å². The van der Waals surface area contributed by atoms with Crippen molar-refractivity contribution in [1.82, 2.24) is 10.2 Å². The Hall–Kier alpha value is -1.63. The van der Waals surface area contributed by atoms with Crippen molar-refractivity contribution in [3.8, 4) is 5.75 Å². The summed E-state index contributed by atoms with van der Waals surface area (Å²) in [5, 5.41) is 6.17. The van der Waals surface area contributed by atoms with Crippen LogP contribution in [-0.2, 0) is 4.79 Å². The van der Waals surface area contributed by atoms with E-state index in [2.05, 4.69) is 15.5 Å². The van der Waals surface area contributed by atoms with E-state index in [1.54, 1.807) is 7.11 Å². The first-order chi connectivity index (χ1) is 9.74. The molecule has 20 heavy (non-hydrogen) atoms. The normalized spacial score (nSPS) is 19.6. The average Bonchev–Trinajstić information content (AvgIpc) is 2.48. The van der Waals surface area contributed by atoms with Crippen molar-refractivity contribution in [2.75, 3.05) is 45.2 Å². The van der Waals surface area contributed by atoms with E-state index in [-0.39, 0.29) is 11.9 Å². The van der Waals surface area contributed by atoms with Crippen LogP contribution in [0.25, 0.3) is 0 Å². The summed E-state index contributed by atoms with van der Waals surface area (Å²) >= 11 is 0. The van der Waals surface area contributed by atoms with Crippen molar-refractivity contribution < 1.29 is 9.53 Å². The van der Waals surface area contributed by atoms with Gasteiger partial charge in [-0.15, -0.1) is 0 Å². The molecule has 1 aliphatic heterocycles. The summed E-state index contributed by atoms with van der Waals surface area (Å²) in [4.78, 5) is 14.3. The molecule has 1 amide bonds. The molecule has 1 unspecified atom stereocenters. The fourth-order valence-electron chi connectivity index (χ4n) is 2.37. The van der Waals surface area contributed by atoms with E-state index in [4.69, 9.17) is 10.5 Å². The summed E-state index contributed by atoms with van der Waals surface area (Å²) in [5.74, 6) is 0.617. The van der Waals surface area contributed by atoms with E-state index >= 15 is 0 Å². The van der Waals surface area contributed by atoms with Gasteiger partial charge in [-0.25, -0.2) is 0 Å². The molecular formula is C14H22N4O2. The van der Waals surface area contributed by atoms with Gasteiger partial charge in [0.05, 0.1) is 19.3 Å². The van der Waals surface area contributed by atoms with Crippen molar-refractivity contribution in [2.45, 2.75) is 6.04 Å². The number of amides is 1. The minimum atomic E-state index is -0.0464. The largest absolute Gasteiger partial charge is 0.495 e. The molecule has 1 atom stereocenters. The minimum Gasteiger partial charge on any atom is -0.495 e. The standard InChI is InChI=1S/C14H22N4O2/c1-20-13-5-3-2-4-12(13)17-14(19)10-18-7-6-16-9-11(18)8-15/h2-5,11,16H,6-10,15H2,1H3,(H,17,19). The van der Waals surface area contributed by atoms with Crippen molar-refractivity contribution in [2.24, 2.45) is 5.73 Å². The first kappa shape index (κ1) is 14.8. The van der Waals surface area contributed by atoms with Crippen LogP contribution in [0.2, 0.25) is 0 Å². The summed E-state index contributed by atoms with van der Waals surface area (Å²) in [5.41, 5.74) is 6.43. The number of nitrogens with two attached hydrogens (primary N) is 1. The van der Waals surface area contributed by atoms with Gasteiger partial charge in [-0.2, -0.15) is 0 Å². The van der Waals surface area contributed by atoms with Crippen molar-refractivity contribution >= 4 is 11.6 Å². The third kappa shape index (κ3) is 3.69. The minimum absolute atomic E-state index is 0.0464. The zero-order valence-electron chi connectivity index (χ0n) is 11.8. The molecule has 2 rings (SSSR count). The third-order valence-corrected chi connectivity index (χ3v) is 3.47. The lowest BCUT2D eigenvalue weighted by Crippen LogP contribution is -2.56. The highest BCUT2D eigenvalue weighted by molar-refractivity contribution is 5.93. The Morgan fingerprint density at radius 1 is 1.55 bits per heavy atom. The molecule has 1 aliphatic rings. The summed E-state index contributed by atoms with van der Waals surface area (Å²) in [6.07, 6.45) is 0. The Labute approximate surface area is 119 Å². The maximum absolute atomic E-state index is 12.1. The Morgan fingerprint density at radius 2 is 2.35 bits per heavy atom. The van der Waals surface area contributed by atoms with E-state index in [1.807, 2.05) is 24.3 Å². The number of carbonyl (C=O) groups excluding carboxylic acids is 1. The molecule has 0 bridgehead atoms. The number of anilines is 1. The number of nitrogens with zero attached hydrogens (tertiary/aromatic N) is 1. The summed E-state index contributed by atoms with van der Waals surface area (Å²) < 4.78 is 5.22. The van der Waals surface area contributed by atoms with Crippen LogP contribution in [0.4, 0.5) is 5.69 Å². The second-order valence-electron chi connectivity index (χ2n) is 4.81. The molecule has 1 aromatic carbocycles. The van der Waals surface area contributed by atoms with Gasteiger partial charge in [-0.1, -0.05) is 12.1 Å². The topological polar surface area (TPSA) is 79.6 Å². The van der Waals surface area contributed by atoms with E-state index in [1.165, 1.54) is 0 Å². The van der Waals surface area contributed by atoms with Gasteiger partial charge in [0.25, 0.3) is 0 Å². The van der Waals surface area contributed by atoms with Crippen LogP contribution in [0.5, 0.6) is 5.75 Å². The average molecular weight is 278 g/mol. The van der Waals surface area contributed by atoms with Crippen LogP contribution in [-0.4, -0.2) is 56.7 Å². The molecule has 1 saturated heterocycles. The lowest BCUT2D eigenvalue weighted by molar-refractivity contribution is -0.118. The van der Waals surface area contributed by atoms with Gasteiger partial charge in [-0.05, 0) is 12.1 Å². The fraction of sp³-hybridized carbons (Fsp3) is 0.500. The van der Waals surface area contributed by atoms with Crippen molar-refractivity contribution in [1.29, 1.82) is 0 Å². The van der Waals surface area contributed by atoms with Gasteiger partial charge in [0.1, 0.15) is 5.75 Å². The fourth-order valence-corrected chi connectivity index (χ4v) is 2.37. The smallest absolute Gasteiger partial charge is 0.238 e. The molecular weight excluding hydrogens is 256 g/mol. The molecule has 4 N–H and O–H groups in total. The van der Waals surface area contributed by atoms with Gasteiger partial charge < -0.3 is 21.1 Å². The highest BCUT2D eigenvalue weighted by Crippen LogP contribution is 2.22. The number of rotatable bonds is 5. The number of para-hydroxylation sites is 2. The van der Waals surface area contributed by atoms with Gasteiger partial charge in [-0.3, -0.25) is 9.69 Å². The number of hydrogen-bond donors (Lipinski definition) is 3. The lowest BCUT2D eigenvalue weighted by Gasteiger charge is -2.34. The number of ether oxygens (including phenoxy) is 1. The molecule has 110 valence electrons. The quantitative estimate of drug-likeness (QED) is 0.699. The maximum Gasteiger partial charge on any atom is 0.238 e. The van der Waals surface area contributed by atoms with Gasteiger partial charge in [0.2, 0.25) is 5.91 Å². The van der Waals surface area contributed by atoms with E-state index < -0.39 is 0 Å². The number of methoxy groups -OCH3 is 1. The van der Waals surface area contributed by atoms with Crippen molar-refractivity contribution in [3.63, 3.8) is 0 Å². The van der Waals surface area contributed by atoms with Crippen LogP contribution >= 0.6 is 0 Å². The first-order valence-electron chi connectivity index (χ1n) is 6.82. The van der Waals surface area contributed by atoms with Gasteiger partial charge in [0.15, 0.2) is 0 Å². The monoisotopic (exact) mass is 278 g/mol. The predicted octanol–water partition coefficient (Wildman–Crippen LogP) is -0.134. The van der Waals surface area contributed by atoms with E-state index in [0.717, 1.165) is 19.6 Å². The Morgan fingerprint density at radius 3 is 3.10 bits per heavy atom. The van der Waals surface area contributed by atoms with E-state index in [9.17, 15) is 4.79 Å². The molecule has 0 saturated carbocycles. The maximum atomic E-state index is 12.1. The number of hydrogen-bond acceptors (Lipinski definition) is 5. The lowest BCUT2D eigenvalue weighted by atomic mass is 10.2. The zero-order chi connectivity index (χ0) is 14.4. The molecule has 6 heteroatoms. The SMILES string of the molecule is COc1ccccc1NC(=O)CN1CCNCC1CN. The highest BCUT2D eigenvalue weighted by Gasteiger charge is 2.23. The zero-order valence-corrected chi connectivity index (χ0v) is 11.8. The molecule has 0 aromatic heterocycles. The van der Waals surface area contributed by atoms with Crippen LogP contribution < -0.4 is 21.1 Å². The molecule has 1 fully saturated rings. The Kier molecular flexibility index (Phi) is 5.34. The van der Waals surface area contributed by atoms with Crippen LogP contribution in [0.3, 0.4) is 0 Å². The Bertz CT molecular complexity index is 453. The Balaban J connectivity index is 1.94. The second-order valence-corrected chi connectivity index (χ2v) is 4.81. The first-order valence-corrected chi connectivity index (χ1v) is 6.82. The molecule has 0 spiro atoms. The summed E-state index contributed by atoms with van der Waals surface area (Å²) in [7, 11) is 1.59. The number of carbonyl (C=O) groups is 1. The molecule has 1 heterocycles. The van der Waals surface area contributed by atoms with Crippen LogP contribution in [0.15, 0.2) is 24.3 Å². The summed E-state index contributed by atoms with van der Waals surface area (Å²) in [6, 6.07) is 7.60. The predicted molar refractivity (Wildman–Crippen MR) is 78.9 cm³/mol. The molecule has 0 aliphatic carbocycles. The molecule has 6 nitrogen and oxygen atoms in total.